The van der Waals surface area contributed by atoms with Crippen molar-refractivity contribution in [2.45, 2.75) is 31.8 Å². The van der Waals surface area contributed by atoms with E-state index in [0.29, 0.717) is 12.1 Å². The number of hydrogen-bond acceptors (Lipinski definition) is 3. The van der Waals surface area contributed by atoms with Gasteiger partial charge in [0, 0.05) is 25.0 Å². The van der Waals surface area contributed by atoms with E-state index in [2.05, 4.69) is 61.6 Å². The van der Waals surface area contributed by atoms with Crippen molar-refractivity contribution in [2.24, 2.45) is 0 Å². The van der Waals surface area contributed by atoms with Gasteiger partial charge in [0.05, 0.1) is 6.26 Å². The van der Waals surface area contributed by atoms with Crippen LogP contribution in [0.4, 0.5) is 0 Å². The number of nitrogens with one attached hydrogen (secondary N) is 1. The summed E-state index contributed by atoms with van der Waals surface area (Å²) in [5.41, 5.74) is 1.35. The van der Waals surface area contributed by atoms with Crippen molar-refractivity contribution in [1.82, 2.24) is 10.2 Å². The number of hydrogen-bond donors (Lipinski definition) is 1. The van der Waals surface area contributed by atoms with Crippen LogP contribution in [-0.2, 0) is 6.42 Å². The normalized spacial score (nSPS) is 14.3. The van der Waals surface area contributed by atoms with Crippen LogP contribution in [0.5, 0.6) is 0 Å². The van der Waals surface area contributed by atoms with E-state index in [1.165, 1.54) is 5.56 Å². The highest BCUT2D eigenvalue weighted by molar-refractivity contribution is 5.19. The van der Waals surface area contributed by atoms with E-state index >= 15 is 0 Å². The Morgan fingerprint density at radius 1 is 1.10 bits per heavy atom. The van der Waals surface area contributed by atoms with Crippen LogP contribution in [-0.4, -0.2) is 31.6 Å². The van der Waals surface area contributed by atoms with Gasteiger partial charge in [0.25, 0.3) is 0 Å². The Bertz CT molecular complexity index is 493. The quantitative estimate of drug-likeness (QED) is 0.805. The Labute approximate surface area is 128 Å². The van der Waals surface area contributed by atoms with Crippen LogP contribution < -0.4 is 5.32 Å². The number of aryl methyl sites for hydroxylation is 1. The zero-order chi connectivity index (χ0) is 15.1. The minimum atomic E-state index is 0.400. The van der Waals surface area contributed by atoms with Crippen LogP contribution in [0.2, 0.25) is 0 Å². The van der Waals surface area contributed by atoms with Crippen LogP contribution in [0.25, 0.3) is 0 Å². The maximum Gasteiger partial charge on any atom is 0.103 e. The molecule has 0 bridgehead atoms. The smallest absolute Gasteiger partial charge is 0.103 e. The molecule has 0 aliphatic rings. The number of benzene rings is 1. The van der Waals surface area contributed by atoms with Gasteiger partial charge in [-0.15, -0.1) is 0 Å². The summed E-state index contributed by atoms with van der Waals surface area (Å²) in [7, 11) is 4.26. The zero-order valence-electron chi connectivity index (χ0n) is 13.3. The van der Waals surface area contributed by atoms with Gasteiger partial charge in [0.1, 0.15) is 5.76 Å². The Morgan fingerprint density at radius 2 is 1.86 bits per heavy atom. The maximum absolute atomic E-state index is 5.38. The number of likely N-dealkylation sites (N-methyl/N-ethyl adjacent to an activating group) is 1. The van der Waals surface area contributed by atoms with Crippen molar-refractivity contribution in [3.05, 3.63) is 60.1 Å². The summed E-state index contributed by atoms with van der Waals surface area (Å²) in [4.78, 5) is 2.27. The predicted octanol–water partition coefficient (Wildman–Crippen LogP) is 3.49. The fourth-order valence-electron chi connectivity index (χ4n) is 2.50. The highest BCUT2D eigenvalue weighted by Crippen LogP contribution is 2.17. The van der Waals surface area contributed by atoms with Gasteiger partial charge in [0.15, 0.2) is 0 Å². The van der Waals surface area contributed by atoms with E-state index in [0.717, 1.165) is 25.1 Å². The SMILES string of the molecule is CC(CCc1ccco1)NCC(c1ccccc1)N(C)C. The van der Waals surface area contributed by atoms with Crippen molar-refractivity contribution in [3.63, 3.8) is 0 Å². The molecule has 2 unspecified atom stereocenters. The van der Waals surface area contributed by atoms with E-state index in [1.54, 1.807) is 6.26 Å². The van der Waals surface area contributed by atoms with Gasteiger partial charge in [0.2, 0.25) is 0 Å². The van der Waals surface area contributed by atoms with Crippen molar-refractivity contribution >= 4 is 0 Å². The first-order chi connectivity index (χ1) is 10.2. The van der Waals surface area contributed by atoms with Gasteiger partial charge in [-0.25, -0.2) is 0 Å². The van der Waals surface area contributed by atoms with Crippen LogP contribution in [0, 0.1) is 0 Å². The average Bonchev–Trinajstić information content (AvgIpc) is 2.99. The van der Waals surface area contributed by atoms with Crippen LogP contribution >= 0.6 is 0 Å². The molecule has 3 nitrogen and oxygen atoms in total. The topological polar surface area (TPSA) is 28.4 Å². The molecule has 1 N–H and O–H groups in total. The van der Waals surface area contributed by atoms with Crippen LogP contribution in [0.3, 0.4) is 0 Å². The third-order valence-electron chi connectivity index (χ3n) is 3.87. The van der Waals surface area contributed by atoms with Crippen molar-refractivity contribution in [3.8, 4) is 0 Å². The number of furan rings is 1. The molecule has 0 saturated heterocycles. The summed E-state index contributed by atoms with van der Waals surface area (Å²) in [5.74, 6) is 1.07. The zero-order valence-corrected chi connectivity index (χ0v) is 13.3. The van der Waals surface area contributed by atoms with E-state index in [4.69, 9.17) is 4.42 Å². The first-order valence-electron chi connectivity index (χ1n) is 7.64. The second-order valence-electron chi connectivity index (χ2n) is 5.82. The first kappa shape index (κ1) is 15.8. The summed E-state index contributed by atoms with van der Waals surface area (Å²) in [5, 5.41) is 3.64. The summed E-state index contributed by atoms with van der Waals surface area (Å²) in [6.45, 7) is 3.19. The van der Waals surface area contributed by atoms with Gasteiger partial charge in [-0.1, -0.05) is 30.3 Å². The molecule has 0 radical (unpaired) electrons. The lowest BCUT2D eigenvalue weighted by molar-refractivity contribution is 0.279. The first-order valence-corrected chi connectivity index (χ1v) is 7.64. The molecule has 0 fully saturated rings. The van der Waals surface area contributed by atoms with Crippen molar-refractivity contribution < 1.29 is 4.42 Å². The minimum Gasteiger partial charge on any atom is -0.469 e. The summed E-state index contributed by atoms with van der Waals surface area (Å²) in [6, 6.07) is 15.5. The summed E-state index contributed by atoms with van der Waals surface area (Å²) in [6.07, 6.45) is 3.81. The Balaban J connectivity index is 1.81. The summed E-state index contributed by atoms with van der Waals surface area (Å²) < 4.78 is 5.38. The Morgan fingerprint density at radius 3 is 2.48 bits per heavy atom. The third kappa shape index (κ3) is 5.03. The van der Waals surface area contributed by atoms with E-state index in [-0.39, 0.29) is 0 Å². The van der Waals surface area contributed by atoms with Crippen LogP contribution in [0.1, 0.15) is 30.7 Å². The van der Waals surface area contributed by atoms with E-state index in [1.807, 2.05) is 12.1 Å². The lowest BCUT2D eigenvalue weighted by Crippen LogP contribution is -2.36. The van der Waals surface area contributed by atoms with E-state index < -0.39 is 0 Å². The Hall–Kier alpha value is -1.58. The molecule has 0 amide bonds. The molecule has 2 aromatic rings. The molecule has 0 aliphatic carbocycles. The molecule has 1 aromatic heterocycles. The standard InChI is InChI=1S/C18H26N2O/c1-15(11-12-17-10-7-13-21-17)19-14-18(20(2)3)16-8-5-4-6-9-16/h4-10,13,15,18-19H,11-12,14H2,1-3H3. The highest BCUT2D eigenvalue weighted by Gasteiger charge is 2.14. The molecule has 0 spiro atoms. The fourth-order valence-corrected chi connectivity index (χ4v) is 2.50. The molecule has 0 saturated carbocycles. The molecule has 0 aliphatic heterocycles. The van der Waals surface area contributed by atoms with Crippen molar-refractivity contribution in [1.29, 1.82) is 0 Å². The predicted molar refractivity (Wildman–Crippen MR) is 87.4 cm³/mol. The molecule has 114 valence electrons. The monoisotopic (exact) mass is 286 g/mol. The molecule has 21 heavy (non-hydrogen) atoms. The molecule has 1 aromatic carbocycles. The lowest BCUT2D eigenvalue weighted by Gasteiger charge is -2.27. The van der Waals surface area contributed by atoms with Gasteiger partial charge in [-0.3, -0.25) is 0 Å². The fraction of sp³-hybridized carbons (Fsp3) is 0.444. The van der Waals surface area contributed by atoms with Gasteiger partial charge in [-0.05, 0) is 45.1 Å². The number of nitrogens with zero attached hydrogens (tertiary/aromatic N) is 1. The van der Waals surface area contributed by atoms with Crippen LogP contribution in [0.15, 0.2) is 53.1 Å². The van der Waals surface area contributed by atoms with Crippen molar-refractivity contribution in [2.75, 3.05) is 20.6 Å². The average molecular weight is 286 g/mol. The minimum absolute atomic E-state index is 0.400. The third-order valence-corrected chi connectivity index (χ3v) is 3.87. The molecule has 2 atom stereocenters. The summed E-state index contributed by atoms with van der Waals surface area (Å²) >= 11 is 0. The second kappa shape index (κ2) is 8.01. The molecular weight excluding hydrogens is 260 g/mol. The largest absolute Gasteiger partial charge is 0.469 e. The Kier molecular flexibility index (Phi) is 6.03. The lowest BCUT2D eigenvalue weighted by atomic mass is 10.1. The molecule has 3 heteroatoms. The molecule has 1 heterocycles. The number of rotatable bonds is 8. The second-order valence-corrected chi connectivity index (χ2v) is 5.82. The maximum atomic E-state index is 5.38. The van der Waals surface area contributed by atoms with Gasteiger partial charge >= 0.3 is 0 Å². The van der Waals surface area contributed by atoms with Gasteiger partial charge in [-0.2, -0.15) is 0 Å². The molecular formula is C18H26N2O. The van der Waals surface area contributed by atoms with Gasteiger partial charge < -0.3 is 14.6 Å². The molecule has 2 rings (SSSR count). The highest BCUT2D eigenvalue weighted by atomic mass is 16.3. The van der Waals surface area contributed by atoms with E-state index in [9.17, 15) is 0 Å².